The normalized spacial score (nSPS) is 15.2. The van der Waals surface area contributed by atoms with Gasteiger partial charge in [-0.2, -0.15) is 4.98 Å². The van der Waals surface area contributed by atoms with Gasteiger partial charge in [0.25, 0.3) is 0 Å². The molecule has 3 rings (SSSR count). The Morgan fingerprint density at radius 1 is 1.26 bits per heavy atom. The van der Waals surface area contributed by atoms with Crippen LogP contribution in [0.25, 0.3) is 10.9 Å². The van der Waals surface area contributed by atoms with Gasteiger partial charge in [0.1, 0.15) is 5.82 Å². The number of aromatic nitrogens is 2. The van der Waals surface area contributed by atoms with E-state index in [1.54, 1.807) is 0 Å². The van der Waals surface area contributed by atoms with E-state index in [-0.39, 0.29) is 0 Å². The maximum Gasteiger partial charge on any atom is 0.224 e. The van der Waals surface area contributed by atoms with Crippen LogP contribution in [0.1, 0.15) is 26.7 Å². The Balaban J connectivity index is 2.10. The highest BCUT2D eigenvalue weighted by Gasteiger charge is 2.31. The monoisotopic (exact) mass is 275 g/mol. The smallest absolute Gasteiger partial charge is 0.224 e. The van der Waals surface area contributed by atoms with Gasteiger partial charge in [-0.05, 0) is 42.5 Å². The molecule has 0 spiro atoms. The summed E-state index contributed by atoms with van der Waals surface area (Å²) in [6.45, 7) is 5.49. The predicted octanol–water partition coefficient (Wildman–Crippen LogP) is 3.91. The summed E-state index contributed by atoms with van der Waals surface area (Å²) in [5.74, 6) is 1.60. The van der Waals surface area contributed by atoms with Crippen LogP contribution in [0.5, 0.6) is 0 Å². The topological polar surface area (TPSA) is 29.0 Å². The Bertz CT molecular complexity index is 593. The molecule has 0 aliphatic heterocycles. The molecule has 4 heteroatoms. The van der Waals surface area contributed by atoms with Crippen LogP contribution >= 0.6 is 11.6 Å². The minimum absolute atomic E-state index is 0.336. The zero-order valence-corrected chi connectivity index (χ0v) is 12.1. The Morgan fingerprint density at radius 3 is 2.68 bits per heavy atom. The lowest BCUT2D eigenvalue weighted by Crippen LogP contribution is -2.31. The van der Waals surface area contributed by atoms with Gasteiger partial charge in [0.05, 0.1) is 5.52 Å². The molecule has 0 amide bonds. The summed E-state index contributed by atoms with van der Waals surface area (Å²) in [5, 5.41) is 1.43. The fourth-order valence-corrected chi connectivity index (χ4v) is 2.61. The molecule has 1 saturated carbocycles. The fraction of sp³-hybridized carbons (Fsp3) is 0.467. The summed E-state index contributed by atoms with van der Waals surface area (Å²) in [4.78, 5) is 11.2. The average Bonchev–Trinajstić information content (AvgIpc) is 3.19. The molecule has 0 saturated heterocycles. The summed E-state index contributed by atoms with van der Waals surface area (Å²) in [7, 11) is 0. The van der Waals surface area contributed by atoms with Crippen LogP contribution in [0.15, 0.2) is 24.3 Å². The van der Waals surface area contributed by atoms with Gasteiger partial charge in [0.2, 0.25) is 5.28 Å². The molecule has 0 atom stereocenters. The van der Waals surface area contributed by atoms with Crippen LogP contribution in [-0.2, 0) is 0 Å². The van der Waals surface area contributed by atoms with Crippen molar-refractivity contribution < 1.29 is 0 Å². The van der Waals surface area contributed by atoms with Crippen LogP contribution in [0.4, 0.5) is 5.82 Å². The average molecular weight is 276 g/mol. The molecule has 0 unspecified atom stereocenters. The first-order chi connectivity index (χ1) is 9.15. The second-order valence-electron chi connectivity index (χ2n) is 5.61. The van der Waals surface area contributed by atoms with E-state index in [0.717, 1.165) is 23.3 Å². The van der Waals surface area contributed by atoms with Gasteiger partial charge >= 0.3 is 0 Å². The zero-order valence-electron chi connectivity index (χ0n) is 11.3. The summed E-state index contributed by atoms with van der Waals surface area (Å²) in [5.41, 5.74) is 0.923. The molecule has 1 fully saturated rings. The molecule has 1 aliphatic rings. The fourth-order valence-electron chi connectivity index (χ4n) is 2.44. The number of benzene rings is 1. The number of para-hydroxylation sites is 1. The van der Waals surface area contributed by atoms with E-state index in [4.69, 9.17) is 11.6 Å². The van der Waals surface area contributed by atoms with E-state index in [2.05, 4.69) is 34.8 Å². The minimum atomic E-state index is 0.336. The molecule has 2 aromatic rings. The highest BCUT2D eigenvalue weighted by atomic mass is 35.5. The van der Waals surface area contributed by atoms with Crippen molar-refractivity contribution in [2.45, 2.75) is 32.7 Å². The third-order valence-corrected chi connectivity index (χ3v) is 3.55. The van der Waals surface area contributed by atoms with Crippen molar-refractivity contribution in [2.24, 2.45) is 5.92 Å². The lowest BCUT2D eigenvalue weighted by atomic mass is 10.1. The minimum Gasteiger partial charge on any atom is -0.353 e. The summed E-state index contributed by atoms with van der Waals surface area (Å²) >= 11 is 6.08. The molecule has 1 aromatic heterocycles. The second kappa shape index (κ2) is 4.97. The van der Waals surface area contributed by atoms with Crippen molar-refractivity contribution in [1.29, 1.82) is 0 Å². The molecular formula is C15H18ClN3. The molecule has 100 valence electrons. The van der Waals surface area contributed by atoms with Gasteiger partial charge in [-0.15, -0.1) is 0 Å². The molecule has 1 aliphatic carbocycles. The van der Waals surface area contributed by atoms with Gasteiger partial charge < -0.3 is 4.90 Å². The molecule has 0 bridgehead atoms. The van der Waals surface area contributed by atoms with E-state index < -0.39 is 0 Å². The number of hydrogen-bond donors (Lipinski definition) is 0. The quantitative estimate of drug-likeness (QED) is 0.792. The largest absolute Gasteiger partial charge is 0.353 e. The third-order valence-electron chi connectivity index (χ3n) is 3.38. The first-order valence-electron chi connectivity index (χ1n) is 6.84. The lowest BCUT2D eigenvalue weighted by Gasteiger charge is -2.26. The predicted molar refractivity (Wildman–Crippen MR) is 79.8 cm³/mol. The van der Waals surface area contributed by atoms with E-state index >= 15 is 0 Å². The first-order valence-corrected chi connectivity index (χ1v) is 7.22. The van der Waals surface area contributed by atoms with Crippen molar-refractivity contribution in [1.82, 2.24) is 9.97 Å². The van der Waals surface area contributed by atoms with Gasteiger partial charge in [-0.25, -0.2) is 4.98 Å². The van der Waals surface area contributed by atoms with Crippen LogP contribution in [0.2, 0.25) is 5.28 Å². The van der Waals surface area contributed by atoms with Crippen molar-refractivity contribution in [2.75, 3.05) is 11.4 Å². The number of nitrogens with zero attached hydrogens (tertiary/aromatic N) is 3. The lowest BCUT2D eigenvalue weighted by molar-refractivity contribution is 0.604. The Hall–Kier alpha value is -1.35. The van der Waals surface area contributed by atoms with Crippen LogP contribution in [-0.4, -0.2) is 22.6 Å². The molecule has 1 heterocycles. The molecule has 1 aromatic carbocycles. The third kappa shape index (κ3) is 2.66. The summed E-state index contributed by atoms with van der Waals surface area (Å²) < 4.78 is 0. The molecular weight excluding hydrogens is 258 g/mol. The standard InChI is InChI=1S/C15H18ClN3/c1-10(2)9-19(11-7-8-11)14-12-5-3-4-6-13(12)17-15(16)18-14/h3-6,10-11H,7-9H2,1-2H3. The van der Waals surface area contributed by atoms with Crippen molar-refractivity contribution in [3.8, 4) is 0 Å². The van der Waals surface area contributed by atoms with Crippen LogP contribution in [0, 0.1) is 5.92 Å². The van der Waals surface area contributed by atoms with Gasteiger partial charge in [-0.1, -0.05) is 26.0 Å². The maximum absolute atomic E-state index is 6.08. The van der Waals surface area contributed by atoms with E-state index in [1.165, 1.54) is 12.8 Å². The Labute approximate surface area is 118 Å². The highest BCUT2D eigenvalue weighted by molar-refractivity contribution is 6.28. The van der Waals surface area contributed by atoms with Crippen LogP contribution < -0.4 is 4.90 Å². The van der Waals surface area contributed by atoms with Gasteiger partial charge in [0, 0.05) is 18.0 Å². The van der Waals surface area contributed by atoms with Gasteiger partial charge in [0.15, 0.2) is 0 Å². The molecule has 0 N–H and O–H groups in total. The number of halogens is 1. The van der Waals surface area contributed by atoms with E-state index in [9.17, 15) is 0 Å². The first kappa shape index (κ1) is 12.7. The summed E-state index contributed by atoms with van der Waals surface area (Å²) in [6, 6.07) is 8.71. The van der Waals surface area contributed by atoms with Crippen molar-refractivity contribution in [3.63, 3.8) is 0 Å². The number of anilines is 1. The van der Waals surface area contributed by atoms with Crippen LogP contribution in [0.3, 0.4) is 0 Å². The highest BCUT2D eigenvalue weighted by Crippen LogP contribution is 2.35. The zero-order chi connectivity index (χ0) is 13.4. The number of hydrogen-bond acceptors (Lipinski definition) is 3. The maximum atomic E-state index is 6.08. The number of rotatable bonds is 4. The molecule has 0 radical (unpaired) electrons. The summed E-state index contributed by atoms with van der Waals surface area (Å²) in [6.07, 6.45) is 2.51. The van der Waals surface area contributed by atoms with Gasteiger partial charge in [-0.3, -0.25) is 0 Å². The molecule has 3 nitrogen and oxygen atoms in total. The van der Waals surface area contributed by atoms with E-state index in [1.807, 2.05) is 18.2 Å². The van der Waals surface area contributed by atoms with Crippen molar-refractivity contribution in [3.05, 3.63) is 29.5 Å². The van der Waals surface area contributed by atoms with E-state index in [0.29, 0.717) is 17.2 Å². The Kier molecular flexibility index (Phi) is 3.31. The SMILES string of the molecule is CC(C)CN(c1nc(Cl)nc2ccccc12)C1CC1. The Morgan fingerprint density at radius 2 is 2.00 bits per heavy atom. The van der Waals surface area contributed by atoms with Crippen molar-refractivity contribution >= 4 is 28.3 Å². The number of fused-ring (bicyclic) bond motifs is 1. The second-order valence-corrected chi connectivity index (χ2v) is 5.95. The molecule has 19 heavy (non-hydrogen) atoms.